The van der Waals surface area contributed by atoms with E-state index in [0.717, 1.165) is 21.8 Å². The molecule has 5 nitrogen and oxygen atoms in total. The minimum atomic E-state index is -4.35. The third-order valence-electron chi connectivity index (χ3n) is 4.04. The molecule has 0 bridgehead atoms. The summed E-state index contributed by atoms with van der Waals surface area (Å²) in [6.45, 7) is -0.308. The third-order valence-corrected chi connectivity index (χ3v) is 4.89. The lowest BCUT2D eigenvalue weighted by Gasteiger charge is -2.12. The second-order valence-corrected chi connectivity index (χ2v) is 7.26. The van der Waals surface area contributed by atoms with E-state index in [2.05, 4.69) is 20.6 Å². The lowest BCUT2D eigenvalue weighted by molar-refractivity contribution is -0.153. The predicted molar refractivity (Wildman–Crippen MR) is 128 cm³/mol. The van der Waals surface area contributed by atoms with Crippen LogP contribution in [0.1, 0.15) is 10.6 Å². The van der Waals surface area contributed by atoms with Crippen LogP contribution in [0, 0.1) is 0 Å². The van der Waals surface area contributed by atoms with Gasteiger partial charge in [0.2, 0.25) is 0 Å². The number of rotatable bonds is 7. The van der Waals surface area contributed by atoms with Crippen molar-refractivity contribution < 1.29 is 17.9 Å². The van der Waals surface area contributed by atoms with Crippen molar-refractivity contribution in [3.05, 3.63) is 70.5 Å². The van der Waals surface area contributed by atoms with E-state index in [1.807, 2.05) is 35.7 Å². The molecule has 0 saturated carbocycles. The zero-order chi connectivity index (χ0) is 21.4. The molecule has 2 N–H and O–H groups in total. The highest BCUT2D eigenvalue weighted by Crippen LogP contribution is 2.21. The molecule has 0 atom stereocenters. The Morgan fingerprint density at radius 2 is 1.71 bits per heavy atom. The highest BCUT2D eigenvalue weighted by molar-refractivity contribution is 14.0. The Balaban J connectivity index is 0.00000341. The SMILES string of the molecule is CN=C(NCc1ccc(OCC(F)(F)F)cc1)NCc1nc(-c2ccccc2)cs1.I. The zero-order valence-corrected chi connectivity index (χ0v) is 19.8. The Morgan fingerprint density at radius 3 is 2.35 bits per heavy atom. The van der Waals surface area contributed by atoms with E-state index in [0.29, 0.717) is 19.0 Å². The molecule has 0 fully saturated rings. The molecular weight excluding hydrogens is 540 g/mol. The number of nitrogens with one attached hydrogen (secondary N) is 2. The molecule has 0 radical (unpaired) electrons. The lowest BCUT2D eigenvalue weighted by Crippen LogP contribution is -2.36. The van der Waals surface area contributed by atoms with Crippen LogP contribution in [-0.4, -0.2) is 30.8 Å². The standard InChI is InChI=1S/C21H21F3N4OS.HI/c1-25-20(26-11-15-7-9-17(10-8-15)29-14-21(22,23)24)27-12-19-28-18(13-30-19)16-5-3-2-4-6-16;/h2-10,13H,11-12,14H2,1H3,(H2,25,26,27);1H. The first kappa shape index (κ1) is 24.9. The molecule has 0 aliphatic carbocycles. The first-order chi connectivity index (χ1) is 14.4. The van der Waals surface area contributed by atoms with Gasteiger partial charge in [-0.1, -0.05) is 42.5 Å². The number of alkyl halides is 3. The summed E-state index contributed by atoms with van der Waals surface area (Å²) >= 11 is 1.57. The van der Waals surface area contributed by atoms with Crippen molar-refractivity contribution in [3.8, 4) is 17.0 Å². The highest BCUT2D eigenvalue weighted by atomic mass is 127. The van der Waals surface area contributed by atoms with Gasteiger partial charge in [-0.05, 0) is 17.7 Å². The van der Waals surface area contributed by atoms with E-state index in [9.17, 15) is 13.2 Å². The van der Waals surface area contributed by atoms with Gasteiger partial charge in [0.25, 0.3) is 0 Å². The summed E-state index contributed by atoms with van der Waals surface area (Å²) in [7, 11) is 1.67. The number of hydrogen-bond donors (Lipinski definition) is 2. The Labute approximate surface area is 199 Å². The number of guanidine groups is 1. The highest BCUT2D eigenvalue weighted by Gasteiger charge is 2.28. The molecule has 0 unspecified atom stereocenters. The molecule has 0 saturated heterocycles. The largest absolute Gasteiger partial charge is 0.484 e. The van der Waals surface area contributed by atoms with Crippen LogP contribution >= 0.6 is 35.3 Å². The Kier molecular flexibility index (Phi) is 9.56. The molecule has 0 spiro atoms. The van der Waals surface area contributed by atoms with Gasteiger partial charge in [0.1, 0.15) is 10.8 Å². The first-order valence-corrected chi connectivity index (χ1v) is 10.0. The summed E-state index contributed by atoms with van der Waals surface area (Å²) in [6.07, 6.45) is -4.35. The zero-order valence-electron chi connectivity index (χ0n) is 16.6. The number of nitrogens with zero attached hydrogens (tertiary/aromatic N) is 2. The van der Waals surface area contributed by atoms with E-state index in [1.54, 1.807) is 30.5 Å². The van der Waals surface area contributed by atoms with E-state index in [1.165, 1.54) is 12.1 Å². The van der Waals surface area contributed by atoms with Gasteiger partial charge in [-0.2, -0.15) is 13.2 Å². The van der Waals surface area contributed by atoms with E-state index >= 15 is 0 Å². The number of halogens is 4. The van der Waals surface area contributed by atoms with Crippen LogP contribution in [0.25, 0.3) is 11.3 Å². The van der Waals surface area contributed by atoms with Gasteiger partial charge in [-0.15, -0.1) is 35.3 Å². The van der Waals surface area contributed by atoms with Gasteiger partial charge >= 0.3 is 6.18 Å². The molecule has 31 heavy (non-hydrogen) atoms. The van der Waals surface area contributed by atoms with Crippen LogP contribution in [0.5, 0.6) is 5.75 Å². The lowest BCUT2D eigenvalue weighted by atomic mass is 10.2. The van der Waals surface area contributed by atoms with Gasteiger partial charge in [0, 0.05) is 24.5 Å². The molecule has 3 rings (SSSR count). The van der Waals surface area contributed by atoms with Gasteiger partial charge < -0.3 is 15.4 Å². The normalized spacial score (nSPS) is 11.5. The molecule has 0 amide bonds. The quantitative estimate of drug-likeness (QED) is 0.235. The molecule has 10 heteroatoms. The maximum absolute atomic E-state index is 12.2. The summed E-state index contributed by atoms with van der Waals surface area (Å²) in [5.74, 6) is 0.778. The van der Waals surface area contributed by atoms with Gasteiger partial charge in [0.15, 0.2) is 12.6 Å². The Bertz CT molecular complexity index is 963. The number of ether oxygens (including phenoxy) is 1. The van der Waals surface area contributed by atoms with Gasteiger partial charge in [-0.25, -0.2) is 4.98 Å². The average molecular weight is 562 g/mol. The van der Waals surface area contributed by atoms with Gasteiger partial charge in [-0.3, -0.25) is 4.99 Å². The summed E-state index contributed by atoms with van der Waals surface area (Å²) in [6, 6.07) is 16.4. The molecule has 3 aromatic rings. The number of aromatic nitrogens is 1. The predicted octanol–water partition coefficient (Wildman–Crippen LogP) is 5.23. The average Bonchev–Trinajstić information content (AvgIpc) is 3.22. The molecule has 2 aromatic carbocycles. The second-order valence-electron chi connectivity index (χ2n) is 6.32. The van der Waals surface area contributed by atoms with Crippen molar-refractivity contribution in [1.82, 2.24) is 15.6 Å². The van der Waals surface area contributed by atoms with Crippen molar-refractivity contribution in [3.63, 3.8) is 0 Å². The molecule has 1 heterocycles. The molecule has 166 valence electrons. The van der Waals surface area contributed by atoms with E-state index in [-0.39, 0.29) is 29.7 Å². The second kappa shape index (κ2) is 11.9. The smallest absolute Gasteiger partial charge is 0.422 e. The molecule has 0 aliphatic rings. The van der Waals surface area contributed by atoms with Crippen LogP contribution in [0.3, 0.4) is 0 Å². The summed E-state index contributed by atoms with van der Waals surface area (Å²) in [5.41, 5.74) is 2.90. The Morgan fingerprint density at radius 1 is 1.03 bits per heavy atom. The van der Waals surface area contributed by atoms with E-state index < -0.39 is 12.8 Å². The maximum Gasteiger partial charge on any atom is 0.422 e. The summed E-state index contributed by atoms with van der Waals surface area (Å²) in [5, 5.41) is 9.32. The molecular formula is C21H22F3IN4OS. The maximum atomic E-state index is 12.2. The fourth-order valence-electron chi connectivity index (χ4n) is 2.57. The minimum absolute atomic E-state index is 0. The summed E-state index contributed by atoms with van der Waals surface area (Å²) in [4.78, 5) is 8.81. The molecule has 1 aromatic heterocycles. The first-order valence-electron chi connectivity index (χ1n) is 9.16. The summed E-state index contributed by atoms with van der Waals surface area (Å²) < 4.78 is 41.3. The number of thiazole rings is 1. The van der Waals surface area contributed by atoms with Crippen molar-refractivity contribution in [2.24, 2.45) is 4.99 Å². The topological polar surface area (TPSA) is 58.5 Å². The number of benzene rings is 2. The van der Waals surface area contributed by atoms with Crippen molar-refractivity contribution >= 4 is 41.3 Å². The van der Waals surface area contributed by atoms with Crippen molar-refractivity contribution in [2.75, 3.05) is 13.7 Å². The Hall–Kier alpha value is -2.34. The number of aliphatic imine (C=N–C) groups is 1. The van der Waals surface area contributed by atoms with Crippen molar-refractivity contribution in [2.45, 2.75) is 19.3 Å². The van der Waals surface area contributed by atoms with Gasteiger partial charge in [0.05, 0.1) is 12.2 Å². The minimum Gasteiger partial charge on any atom is -0.484 e. The fraction of sp³-hybridized carbons (Fsp3) is 0.238. The van der Waals surface area contributed by atoms with Crippen LogP contribution < -0.4 is 15.4 Å². The van der Waals surface area contributed by atoms with Crippen LogP contribution in [-0.2, 0) is 13.1 Å². The molecule has 0 aliphatic heterocycles. The van der Waals surface area contributed by atoms with E-state index in [4.69, 9.17) is 4.74 Å². The third kappa shape index (κ3) is 8.37. The fourth-order valence-corrected chi connectivity index (χ4v) is 3.31. The van der Waals surface area contributed by atoms with Crippen LogP contribution in [0.4, 0.5) is 13.2 Å². The monoisotopic (exact) mass is 562 g/mol. The van der Waals surface area contributed by atoms with Crippen LogP contribution in [0.15, 0.2) is 65.0 Å². The number of hydrogen-bond acceptors (Lipinski definition) is 4. The van der Waals surface area contributed by atoms with Crippen molar-refractivity contribution in [1.29, 1.82) is 0 Å². The van der Waals surface area contributed by atoms with Crippen LogP contribution in [0.2, 0.25) is 0 Å².